The number of ether oxygens (including phenoxy) is 6. The van der Waals surface area contributed by atoms with Crippen molar-refractivity contribution in [3.63, 3.8) is 0 Å². The van der Waals surface area contributed by atoms with Crippen LogP contribution in [-0.4, -0.2) is 183 Å². The molecule has 3 aliphatic heterocycles. The van der Waals surface area contributed by atoms with E-state index in [1.807, 2.05) is 0 Å². The molecule has 55 heavy (non-hydrogen) atoms. The van der Waals surface area contributed by atoms with Gasteiger partial charge in [-0.1, -0.05) is 0 Å². The Labute approximate surface area is 307 Å². The highest BCUT2D eigenvalue weighted by molar-refractivity contribution is 5.88. The van der Waals surface area contributed by atoms with Gasteiger partial charge in [0.25, 0.3) is 0 Å². The molecule has 0 spiro atoms. The number of hydrogen-bond acceptors (Lipinski definition) is 22. The summed E-state index contributed by atoms with van der Waals surface area (Å²) in [4.78, 5) is 14.2. The van der Waals surface area contributed by atoms with Gasteiger partial charge in [-0.2, -0.15) is 0 Å². The van der Waals surface area contributed by atoms with Gasteiger partial charge in [-0.25, -0.2) is 0 Å². The molecule has 0 radical (unpaired) electrons. The van der Waals surface area contributed by atoms with Crippen molar-refractivity contribution < 1.29 is 104 Å². The number of phenolic OH excluding ortho intramolecular Hbond substituents is 3. The molecule has 14 N–H and O–H groups in total. The van der Waals surface area contributed by atoms with Crippen molar-refractivity contribution in [3.8, 4) is 40.1 Å². The molecule has 3 aliphatic rings. The average Bonchev–Trinajstić information content (AvgIpc) is 3.16. The second kappa shape index (κ2) is 16.3. The minimum absolute atomic E-state index is 0.162. The fourth-order valence-electron chi connectivity index (χ4n) is 6.33. The normalized spacial score (nSPS) is 36.8. The van der Waals surface area contributed by atoms with Gasteiger partial charge < -0.3 is 104 Å². The highest BCUT2D eigenvalue weighted by Crippen LogP contribution is 2.41. The molecule has 22 nitrogen and oxygen atoms in total. The van der Waals surface area contributed by atoms with Crippen LogP contribution in [0.4, 0.5) is 0 Å². The van der Waals surface area contributed by atoms with Crippen LogP contribution in [-0.2, 0) is 18.9 Å². The first kappa shape index (κ1) is 40.7. The van der Waals surface area contributed by atoms with Crippen molar-refractivity contribution in [1.82, 2.24) is 0 Å². The van der Waals surface area contributed by atoms with Crippen LogP contribution in [0.3, 0.4) is 0 Å². The number of benzene rings is 2. The predicted octanol–water partition coefficient (Wildman–Crippen LogP) is -5.24. The Morgan fingerprint density at radius 1 is 0.564 bits per heavy atom. The van der Waals surface area contributed by atoms with E-state index in [4.69, 9.17) is 32.8 Å². The Morgan fingerprint density at radius 3 is 1.69 bits per heavy atom. The Balaban J connectivity index is 1.43. The maximum Gasteiger partial charge on any atom is 0.239 e. The molecule has 0 amide bonds. The number of fused-ring (bicyclic) bond motifs is 1. The van der Waals surface area contributed by atoms with Crippen LogP contribution in [0.2, 0.25) is 0 Å². The zero-order chi connectivity index (χ0) is 40.0. The molecule has 3 fully saturated rings. The number of hydrogen-bond donors (Lipinski definition) is 14. The average molecular weight is 789 g/mol. The van der Waals surface area contributed by atoms with Crippen LogP contribution < -0.4 is 14.9 Å². The molecule has 6 rings (SSSR count). The van der Waals surface area contributed by atoms with E-state index in [0.717, 1.165) is 24.3 Å². The lowest BCUT2D eigenvalue weighted by Gasteiger charge is -2.45. The van der Waals surface area contributed by atoms with E-state index < -0.39 is 157 Å². The van der Waals surface area contributed by atoms with Gasteiger partial charge in [-0.3, -0.25) is 4.79 Å². The van der Waals surface area contributed by atoms with Crippen molar-refractivity contribution in [1.29, 1.82) is 0 Å². The van der Waals surface area contributed by atoms with Gasteiger partial charge >= 0.3 is 0 Å². The lowest BCUT2D eigenvalue weighted by molar-refractivity contribution is -0.358. The fraction of sp³-hybridized carbons (Fsp3) is 0.545. The summed E-state index contributed by atoms with van der Waals surface area (Å²) in [5, 5.41) is 143. The first-order valence-electron chi connectivity index (χ1n) is 16.7. The number of aliphatic hydroxyl groups is 11. The molecule has 0 bridgehead atoms. The van der Waals surface area contributed by atoms with Gasteiger partial charge in [0.1, 0.15) is 89.6 Å². The minimum Gasteiger partial charge on any atom is -0.507 e. The molecular formula is C33H40O22. The smallest absolute Gasteiger partial charge is 0.239 e. The largest absolute Gasteiger partial charge is 0.507 e. The molecule has 22 heteroatoms. The molecule has 4 heterocycles. The van der Waals surface area contributed by atoms with Crippen LogP contribution in [0.1, 0.15) is 0 Å². The second-order valence-corrected chi connectivity index (χ2v) is 13.0. The summed E-state index contributed by atoms with van der Waals surface area (Å²) in [6.07, 6.45) is -27.2. The summed E-state index contributed by atoms with van der Waals surface area (Å²) in [5.74, 6) is -3.84. The Bertz CT molecular complexity index is 1870. The summed E-state index contributed by atoms with van der Waals surface area (Å²) < 4.78 is 39.5. The summed E-state index contributed by atoms with van der Waals surface area (Å²) in [5.41, 5.74) is -1.77. The first-order valence-corrected chi connectivity index (χ1v) is 16.7. The highest BCUT2D eigenvalue weighted by atomic mass is 16.8. The third-order valence-corrected chi connectivity index (χ3v) is 9.44. The van der Waals surface area contributed by atoms with E-state index in [2.05, 4.69) is 0 Å². The highest BCUT2D eigenvalue weighted by Gasteiger charge is 2.52. The monoisotopic (exact) mass is 788 g/mol. The number of aromatic hydroxyl groups is 3. The lowest BCUT2D eigenvalue weighted by Crippen LogP contribution is -2.65. The van der Waals surface area contributed by atoms with Crippen molar-refractivity contribution in [2.24, 2.45) is 0 Å². The zero-order valence-corrected chi connectivity index (χ0v) is 28.2. The first-order chi connectivity index (χ1) is 26.1. The Kier molecular flexibility index (Phi) is 12.0. The van der Waals surface area contributed by atoms with Gasteiger partial charge in [0.15, 0.2) is 29.7 Å². The van der Waals surface area contributed by atoms with E-state index in [0.29, 0.717) is 0 Å². The lowest BCUT2D eigenvalue weighted by atomic mass is 9.97. The quantitative estimate of drug-likeness (QED) is 0.0853. The number of rotatable bonds is 10. The summed E-state index contributed by atoms with van der Waals surface area (Å²) in [6, 6.07) is 5.03. The molecule has 304 valence electrons. The van der Waals surface area contributed by atoms with E-state index in [-0.39, 0.29) is 11.3 Å². The molecule has 2 aromatic carbocycles. The molecule has 1 aromatic heterocycles. The zero-order valence-electron chi connectivity index (χ0n) is 28.2. The second-order valence-electron chi connectivity index (χ2n) is 13.0. The topological polar surface area (TPSA) is 369 Å². The van der Waals surface area contributed by atoms with Gasteiger partial charge in [-0.05, 0) is 18.2 Å². The van der Waals surface area contributed by atoms with E-state index >= 15 is 0 Å². The molecular weight excluding hydrogens is 748 g/mol. The summed E-state index contributed by atoms with van der Waals surface area (Å²) in [7, 11) is 0. The van der Waals surface area contributed by atoms with E-state index in [1.165, 1.54) is 6.07 Å². The van der Waals surface area contributed by atoms with E-state index in [9.17, 15) is 76.3 Å². The molecule has 0 unspecified atom stereocenters. The maximum absolute atomic E-state index is 14.2. The minimum atomic E-state index is -2.05. The molecule has 3 aromatic rings. The SMILES string of the molecule is O=c1c(O[C@@H]2O[C@H](CO)[C@@H](O)[C@H](O)[C@H]2O[C@@H]2O[C@H](CO)[C@@H](O)[C@H](O)[C@H]2O)c(-c2ccc(O)c(O)c2)oc2cc(O[C@@H]3O[C@H](CO)[C@@H](O)[C@H](O)[C@H]3O)cc(O)c12. The van der Waals surface area contributed by atoms with Crippen LogP contribution in [0.5, 0.6) is 28.7 Å². The van der Waals surface area contributed by atoms with E-state index in [1.54, 1.807) is 0 Å². The van der Waals surface area contributed by atoms with Gasteiger partial charge in [0, 0.05) is 17.7 Å². The van der Waals surface area contributed by atoms with Crippen molar-refractivity contribution in [2.45, 2.75) is 92.1 Å². The van der Waals surface area contributed by atoms with Crippen molar-refractivity contribution in [2.75, 3.05) is 19.8 Å². The number of phenols is 3. The summed E-state index contributed by atoms with van der Waals surface area (Å²) >= 11 is 0. The van der Waals surface area contributed by atoms with Gasteiger partial charge in [0.2, 0.25) is 23.8 Å². The molecule has 15 atom stereocenters. The Hall–Kier alpha value is -3.95. The van der Waals surface area contributed by atoms with Gasteiger partial charge in [0.05, 0.1) is 19.8 Å². The molecule has 3 saturated heterocycles. The standard InChI is InChI=1S/C33H40O22/c34-6-15-19(40)23(44)26(47)31(51-15)49-10-4-13(39)18-14(5-10)50-28(9-1-2-11(37)12(38)3-9)29(22(18)43)54-33-30(25(46)21(42)17(8-36)53-33)55-32-27(48)24(45)20(41)16(7-35)52-32/h1-5,15-17,19-21,23-27,30-42,44-48H,6-8H2/t15-,16-,17-,19-,20-,21-,23+,24+,25+,26-,27-,30-,31-,32+,33+/m1/s1. The van der Waals surface area contributed by atoms with Crippen LogP contribution in [0.25, 0.3) is 22.3 Å². The third-order valence-electron chi connectivity index (χ3n) is 9.44. The van der Waals surface area contributed by atoms with Gasteiger partial charge in [-0.15, -0.1) is 0 Å². The van der Waals surface area contributed by atoms with Crippen molar-refractivity contribution in [3.05, 3.63) is 40.6 Å². The van der Waals surface area contributed by atoms with Crippen molar-refractivity contribution >= 4 is 11.0 Å². The number of aliphatic hydroxyl groups excluding tert-OH is 11. The van der Waals surface area contributed by atoms with Crippen LogP contribution in [0.15, 0.2) is 39.5 Å². The Morgan fingerprint density at radius 2 is 1.11 bits per heavy atom. The summed E-state index contributed by atoms with van der Waals surface area (Å²) in [6.45, 7) is -2.56. The predicted molar refractivity (Wildman–Crippen MR) is 174 cm³/mol. The molecule has 0 saturated carbocycles. The van der Waals surface area contributed by atoms with Crippen LogP contribution in [0, 0.1) is 0 Å². The molecule has 0 aliphatic carbocycles. The third kappa shape index (κ3) is 7.63. The maximum atomic E-state index is 14.2. The van der Waals surface area contributed by atoms with Crippen LogP contribution >= 0.6 is 0 Å². The fourth-order valence-corrected chi connectivity index (χ4v) is 6.33.